The van der Waals surface area contributed by atoms with Crippen LogP contribution in [0.1, 0.15) is 162 Å². The van der Waals surface area contributed by atoms with Gasteiger partial charge in [0.1, 0.15) is 0 Å². The molecule has 0 heterocycles. The summed E-state index contributed by atoms with van der Waals surface area (Å²) in [6, 6.07) is -0.108. The van der Waals surface area contributed by atoms with Gasteiger partial charge in [-0.15, -0.1) is 0 Å². The van der Waals surface area contributed by atoms with E-state index in [1.165, 1.54) is 128 Å². The molecule has 4 N–H and O–H groups in total. The van der Waals surface area contributed by atoms with Gasteiger partial charge in [0.05, 0.1) is 6.04 Å². The largest absolute Gasteiger partial charge is 0.368 e. The number of hydrogen-bond donors (Lipinski definition) is 2. The molecule has 0 radical (unpaired) electrons. The second kappa shape index (κ2) is 27.0. The van der Waals surface area contributed by atoms with Crippen LogP contribution in [-0.2, 0) is 4.79 Å². The third kappa shape index (κ3) is 21.9. The van der Waals surface area contributed by atoms with Gasteiger partial charge in [0, 0.05) is 0 Å². The van der Waals surface area contributed by atoms with Gasteiger partial charge in [-0.05, 0) is 45.3 Å². The molecule has 0 aromatic heterocycles. The third-order valence-electron chi connectivity index (χ3n) is 7.30. The molecule has 0 aliphatic rings. The average Bonchev–Trinajstić information content (AvgIpc) is 2.83. The van der Waals surface area contributed by atoms with Gasteiger partial charge in [-0.25, -0.2) is 0 Å². The van der Waals surface area contributed by atoms with Gasteiger partial charge in [0.15, 0.2) is 0 Å². The monoisotopic (exact) mass is 481 g/mol. The number of amides is 1. The van der Waals surface area contributed by atoms with Crippen molar-refractivity contribution < 1.29 is 4.79 Å². The summed E-state index contributed by atoms with van der Waals surface area (Å²) in [6.45, 7) is 7.29. The SMILES string of the molecule is CCCCCCCCCCCCN(CCCCCCCCCCCC)[C@@H](CCCCN)C(N)=O. The van der Waals surface area contributed by atoms with Gasteiger partial charge in [-0.1, -0.05) is 136 Å². The first-order chi connectivity index (χ1) is 16.7. The number of carbonyl (C=O) groups excluding carboxylic acids is 1. The molecule has 4 nitrogen and oxygen atoms in total. The lowest BCUT2D eigenvalue weighted by atomic mass is 10.0. The lowest BCUT2D eigenvalue weighted by Gasteiger charge is -2.30. The van der Waals surface area contributed by atoms with E-state index in [0.29, 0.717) is 6.54 Å². The van der Waals surface area contributed by atoms with Crippen LogP contribution >= 0.6 is 0 Å². The number of rotatable bonds is 28. The molecule has 0 bridgehead atoms. The Labute approximate surface area is 214 Å². The molecule has 0 unspecified atom stereocenters. The van der Waals surface area contributed by atoms with Crippen molar-refractivity contribution in [3.63, 3.8) is 0 Å². The van der Waals surface area contributed by atoms with Crippen LogP contribution in [0.3, 0.4) is 0 Å². The number of primary amides is 1. The molecule has 0 aromatic rings. The normalized spacial score (nSPS) is 12.5. The first-order valence-electron chi connectivity index (χ1n) is 15.4. The molecule has 4 heteroatoms. The Bertz CT molecular complexity index is 392. The Morgan fingerprint density at radius 2 is 0.912 bits per heavy atom. The standard InChI is InChI=1S/C30H63N3O/c1-3-5-7-9-11-13-15-17-19-23-27-33(29(30(32)34)25-21-22-26-31)28-24-20-18-16-14-12-10-8-6-4-2/h29H,3-28,31H2,1-2H3,(H2,32,34)/t29-/m0/s1. The molecule has 0 spiro atoms. The Morgan fingerprint density at radius 3 is 1.24 bits per heavy atom. The number of carbonyl (C=O) groups is 1. The highest BCUT2D eigenvalue weighted by atomic mass is 16.1. The molecule has 0 aliphatic carbocycles. The van der Waals surface area contributed by atoms with E-state index in [2.05, 4.69) is 18.7 Å². The van der Waals surface area contributed by atoms with Crippen molar-refractivity contribution >= 4 is 5.91 Å². The fraction of sp³-hybridized carbons (Fsp3) is 0.967. The first kappa shape index (κ1) is 33.4. The molecule has 1 amide bonds. The summed E-state index contributed by atoms with van der Waals surface area (Å²) in [5.74, 6) is -0.142. The van der Waals surface area contributed by atoms with Crippen LogP contribution in [0, 0.1) is 0 Å². The quantitative estimate of drug-likeness (QED) is 0.111. The molecule has 0 fully saturated rings. The van der Waals surface area contributed by atoms with Crippen LogP contribution in [-0.4, -0.2) is 36.5 Å². The lowest BCUT2D eigenvalue weighted by Crippen LogP contribution is -2.45. The van der Waals surface area contributed by atoms with Crippen molar-refractivity contribution in [2.45, 2.75) is 168 Å². The molecule has 0 saturated heterocycles. The fourth-order valence-electron chi connectivity index (χ4n) is 5.01. The zero-order valence-corrected chi connectivity index (χ0v) is 23.5. The van der Waals surface area contributed by atoms with E-state index >= 15 is 0 Å². The first-order valence-corrected chi connectivity index (χ1v) is 15.4. The summed E-state index contributed by atoms with van der Waals surface area (Å²) in [7, 11) is 0. The number of hydrogen-bond acceptors (Lipinski definition) is 3. The Morgan fingerprint density at radius 1 is 0.559 bits per heavy atom. The van der Waals surface area contributed by atoms with E-state index in [9.17, 15) is 4.79 Å². The van der Waals surface area contributed by atoms with Crippen molar-refractivity contribution in [1.29, 1.82) is 0 Å². The zero-order valence-electron chi connectivity index (χ0n) is 23.5. The van der Waals surface area contributed by atoms with Gasteiger partial charge < -0.3 is 11.5 Å². The maximum absolute atomic E-state index is 12.2. The highest BCUT2D eigenvalue weighted by Gasteiger charge is 2.22. The van der Waals surface area contributed by atoms with E-state index < -0.39 is 0 Å². The van der Waals surface area contributed by atoms with Crippen LogP contribution in [0.15, 0.2) is 0 Å². The molecule has 204 valence electrons. The van der Waals surface area contributed by atoms with Crippen LogP contribution in [0.25, 0.3) is 0 Å². The number of nitrogens with two attached hydrogens (primary N) is 2. The van der Waals surface area contributed by atoms with Crippen LogP contribution < -0.4 is 11.5 Å². The molecule has 0 aliphatic heterocycles. The van der Waals surface area contributed by atoms with Crippen molar-refractivity contribution in [2.24, 2.45) is 11.5 Å². The highest BCUT2D eigenvalue weighted by molar-refractivity contribution is 5.79. The second-order valence-electron chi connectivity index (χ2n) is 10.6. The average molecular weight is 482 g/mol. The Hall–Kier alpha value is -0.610. The smallest absolute Gasteiger partial charge is 0.234 e. The van der Waals surface area contributed by atoms with E-state index in [1.807, 2.05) is 0 Å². The van der Waals surface area contributed by atoms with Crippen LogP contribution in [0.2, 0.25) is 0 Å². The van der Waals surface area contributed by atoms with Crippen molar-refractivity contribution in [3.05, 3.63) is 0 Å². The lowest BCUT2D eigenvalue weighted by molar-refractivity contribution is -0.123. The van der Waals surface area contributed by atoms with Gasteiger partial charge in [0.25, 0.3) is 0 Å². The van der Waals surface area contributed by atoms with Gasteiger partial charge in [-0.2, -0.15) is 0 Å². The predicted molar refractivity (Wildman–Crippen MR) is 151 cm³/mol. The van der Waals surface area contributed by atoms with E-state index in [-0.39, 0.29) is 11.9 Å². The minimum atomic E-state index is -0.142. The summed E-state index contributed by atoms with van der Waals surface area (Å²) in [5.41, 5.74) is 11.5. The summed E-state index contributed by atoms with van der Waals surface area (Å²) >= 11 is 0. The molecule has 1 atom stereocenters. The van der Waals surface area contributed by atoms with Crippen LogP contribution in [0.4, 0.5) is 0 Å². The molecule has 0 saturated carbocycles. The predicted octanol–water partition coefficient (Wildman–Crippen LogP) is 8.11. The summed E-state index contributed by atoms with van der Waals surface area (Å²) in [5, 5.41) is 0. The topological polar surface area (TPSA) is 72.3 Å². The van der Waals surface area contributed by atoms with Gasteiger partial charge >= 0.3 is 0 Å². The highest BCUT2D eigenvalue weighted by Crippen LogP contribution is 2.16. The fourth-order valence-corrected chi connectivity index (χ4v) is 5.01. The van der Waals surface area contributed by atoms with Gasteiger partial charge in [0.2, 0.25) is 5.91 Å². The van der Waals surface area contributed by atoms with E-state index in [4.69, 9.17) is 11.5 Å². The summed E-state index contributed by atoms with van der Waals surface area (Å²) in [4.78, 5) is 14.7. The summed E-state index contributed by atoms with van der Waals surface area (Å²) < 4.78 is 0. The third-order valence-corrected chi connectivity index (χ3v) is 7.30. The summed E-state index contributed by atoms with van der Waals surface area (Å²) in [6.07, 6.45) is 29.8. The maximum Gasteiger partial charge on any atom is 0.234 e. The maximum atomic E-state index is 12.2. The zero-order chi connectivity index (χ0) is 25.1. The minimum absolute atomic E-state index is 0.108. The number of nitrogens with zero attached hydrogens (tertiary/aromatic N) is 1. The van der Waals surface area contributed by atoms with E-state index in [0.717, 1.165) is 32.4 Å². The molecular weight excluding hydrogens is 418 g/mol. The van der Waals surface area contributed by atoms with Gasteiger partial charge in [-0.3, -0.25) is 9.69 Å². The minimum Gasteiger partial charge on any atom is -0.368 e. The van der Waals surface area contributed by atoms with Crippen molar-refractivity contribution in [3.8, 4) is 0 Å². The number of unbranched alkanes of at least 4 members (excludes halogenated alkanes) is 19. The second-order valence-corrected chi connectivity index (χ2v) is 10.6. The molecule has 0 aromatic carbocycles. The Balaban J connectivity index is 4.18. The van der Waals surface area contributed by atoms with E-state index in [1.54, 1.807) is 0 Å². The van der Waals surface area contributed by atoms with Crippen LogP contribution in [0.5, 0.6) is 0 Å². The Kier molecular flexibility index (Phi) is 26.5. The van der Waals surface area contributed by atoms with Crippen molar-refractivity contribution in [1.82, 2.24) is 4.90 Å². The molecule has 0 rings (SSSR count). The molecule has 34 heavy (non-hydrogen) atoms. The van der Waals surface area contributed by atoms with Crippen molar-refractivity contribution in [2.75, 3.05) is 19.6 Å². The molecular formula is C30H63N3O.